The first-order chi connectivity index (χ1) is 11.8. The Bertz CT molecular complexity index is 914. The number of pyridine rings is 1. The molecule has 1 fully saturated rings. The molecule has 0 spiro atoms. The van der Waals surface area contributed by atoms with Crippen LogP contribution in [-0.4, -0.2) is 24.1 Å². The summed E-state index contributed by atoms with van der Waals surface area (Å²) < 4.78 is 2.07. The van der Waals surface area contributed by atoms with Crippen LogP contribution in [0, 0.1) is 5.92 Å². The van der Waals surface area contributed by atoms with E-state index in [9.17, 15) is 5.11 Å². The highest BCUT2D eigenvalue weighted by molar-refractivity contribution is 8.29. The number of aliphatic hydroxyl groups is 1. The number of imidazole rings is 1. The second kappa shape index (κ2) is 5.54. The van der Waals surface area contributed by atoms with Gasteiger partial charge in [0.1, 0.15) is 11.8 Å². The second-order valence-corrected chi connectivity index (χ2v) is 9.18. The average molecular weight is 356 g/mol. The van der Waals surface area contributed by atoms with Gasteiger partial charge in [-0.25, -0.2) is 9.98 Å². The molecule has 3 aromatic rings. The lowest BCUT2D eigenvalue weighted by Gasteiger charge is -2.25. The van der Waals surface area contributed by atoms with Gasteiger partial charge in [0.25, 0.3) is 0 Å². The van der Waals surface area contributed by atoms with Crippen molar-refractivity contribution in [2.45, 2.75) is 18.3 Å². The van der Waals surface area contributed by atoms with E-state index in [0.717, 1.165) is 21.1 Å². The molecule has 1 N–H and O–H groups in total. The summed E-state index contributed by atoms with van der Waals surface area (Å²) in [5.74, 6) is 1.43. The summed E-state index contributed by atoms with van der Waals surface area (Å²) in [5.41, 5.74) is 0.599. The van der Waals surface area contributed by atoms with Gasteiger partial charge >= 0.3 is 0 Å². The Balaban J connectivity index is 1.49. The summed E-state index contributed by atoms with van der Waals surface area (Å²) in [7, 11) is 0. The quantitative estimate of drug-likeness (QED) is 0.697. The maximum atomic E-state index is 11.1. The monoisotopic (exact) mass is 356 g/mol. The predicted octanol–water partition coefficient (Wildman–Crippen LogP) is 3.92. The Morgan fingerprint density at radius 1 is 1.17 bits per heavy atom. The molecule has 1 aliphatic heterocycles. The lowest BCUT2D eigenvalue weighted by atomic mass is 10.2. The molecule has 1 saturated carbocycles. The van der Waals surface area contributed by atoms with E-state index in [1.807, 2.05) is 18.2 Å². The minimum atomic E-state index is -0.900. The van der Waals surface area contributed by atoms with Crippen molar-refractivity contribution < 1.29 is 5.11 Å². The third kappa shape index (κ3) is 2.31. The molecule has 0 aromatic carbocycles. The normalized spacial score (nSPS) is 22.2. The maximum Gasteiger partial charge on any atom is 0.162 e. The minimum Gasteiger partial charge on any atom is -0.377 e. The molecule has 7 heteroatoms. The van der Waals surface area contributed by atoms with Crippen LogP contribution in [0.1, 0.15) is 23.2 Å². The van der Waals surface area contributed by atoms with Crippen LogP contribution >= 0.6 is 22.4 Å². The van der Waals surface area contributed by atoms with Crippen LogP contribution in [0.25, 0.3) is 10.4 Å². The van der Waals surface area contributed by atoms with Crippen LogP contribution < -0.4 is 0 Å². The third-order valence-electron chi connectivity index (χ3n) is 4.32. The standard InChI is InChI=1S/C17H16N4OS2/c22-17(14-4-3-13(23-14)11-5-7-18-8-6-11)24-16(12-1-2-12)20-15-9-19-10-21(15)24/h3-10,12,17,22,24H,1-2H2. The Labute approximate surface area is 146 Å². The molecule has 0 saturated heterocycles. The fraction of sp³-hybridized carbons (Fsp3) is 0.235. The highest BCUT2D eigenvalue weighted by Gasteiger charge is 2.39. The summed E-state index contributed by atoms with van der Waals surface area (Å²) in [6.07, 6.45) is 9.56. The summed E-state index contributed by atoms with van der Waals surface area (Å²) in [4.78, 5) is 15.1. The van der Waals surface area contributed by atoms with Crippen molar-refractivity contribution in [3.63, 3.8) is 0 Å². The molecule has 4 heterocycles. The number of aromatic nitrogens is 3. The van der Waals surface area contributed by atoms with Gasteiger partial charge in [0.2, 0.25) is 0 Å². The molecule has 2 atom stereocenters. The van der Waals surface area contributed by atoms with E-state index in [-0.39, 0.29) is 0 Å². The fourth-order valence-electron chi connectivity index (χ4n) is 2.95. The molecular weight excluding hydrogens is 340 g/mol. The molecule has 5 rings (SSSR count). The predicted molar refractivity (Wildman–Crippen MR) is 98.9 cm³/mol. The first kappa shape index (κ1) is 14.4. The zero-order chi connectivity index (χ0) is 16.1. The minimum absolute atomic E-state index is 0.532. The number of aliphatic imine (C=N–C) groups is 1. The zero-order valence-corrected chi connectivity index (χ0v) is 14.5. The van der Waals surface area contributed by atoms with Crippen molar-refractivity contribution in [2.75, 3.05) is 0 Å². The number of nitrogens with zero attached hydrogens (tertiary/aromatic N) is 4. The maximum absolute atomic E-state index is 11.1. The Hall–Kier alpha value is -1.96. The zero-order valence-electron chi connectivity index (χ0n) is 12.8. The van der Waals surface area contributed by atoms with Gasteiger partial charge in [-0.3, -0.25) is 8.96 Å². The first-order valence-electron chi connectivity index (χ1n) is 7.90. The number of fused-ring (bicyclic) bond motifs is 1. The number of thiophene rings is 1. The molecule has 1 aliphatic carbocycles. The second-order valence-electron chi connectivity index (χ2n) is 6.00. The fourth-order valence-corrected chi connectivity index (χ4v) is 6.66. The van der Waals surface area contributed by atoms with Crippen LogP contribution in [0.4, 0.5) is 5.82 Å². The average Bonchev–Trinajstić information content (AvgIpc) is 3.04. The smallest absolute Gasteiger partial charge is 0.162 e. The van der Waals surface area contributed by atoms with Crippen molar-refractivity contribution >= 4 is 33.3 Å². The van der Waals surface area contributed by atoms with Crippen LogP contribution in [0.15, 0.2) is 54.2 Å². The van der Waals surface area contributed by atoms with E-state index in [0.29, 0.717) is 5.92 Å². The molecule has 2 aliphatic rings. The lowest BCUT2D eigenvalue weighted by molar-refractivity contribution is 0.272. The summed E-state index contributed by atoms with van der Waals surface area (Å²) in [6.45, 7) is 0. The largest absolute Gasteiger partial charge is 0.377 e. The molecule has 0 bridgehead atoms. The summed E-state index contributed by atoms with van der Waals surface area (Å²) in [6, 6.07) is 8.10. The number of hydrogen-bond acceptors (Lipinski definition) is 5. The van der Waals surface area contributed by atoms with Gasteiger partial charge < -0.3 is 5.11 Å². The summed E-state index contributed by atoms with van der Waals surface area (Å²) >= 11 is 0.742. The SMILES string of the molecule is OC(c1ccc(-c2ccncc2)s1)[SH]1C(C2CC2)=Nc2cncn21. The van der Waals surface area contributed by atoms with E-state index in [4.69, 9.17) is 4.99 Å². The lowest BCUT2D eigenvalue weighted by Crippen LogP contribution is -2.10. The van der Waals surface area contributed by atoms with Crippen LogP contribution in [0.5, 0.6) is 0 Å². The Kier molecular flexibility index (Phi) is 3.32. The van der Waals surface area contributed by atoms with Gasteiger partial charge in [-0.2, -0.15) is 0 Å². The molecule has 2 unspecified atom stereocenters. The molecule has 0 amide bonds. The van der Waals surface area contributed by atoms with E-state index in [1.165, 1.54) is 17.9 Å². The van der Waals surface area contributed by atoms with E-state index in [2.05, 4.69) is 20.0 Å². The van der Waals surface area contributed by atoms with Crippen molar-refractivity contribution in [1.82, 2.24) is 13.9 Å². The van der Waals surface area contributed by atoms with E-state index < -0.39 is 16.5 Å². The van der Waals surface area contributed by atoms with Gasteiger partial charge in [-0.1, -0.05) is 11.1 Å². The van der Waals surface area contributed by atoms with Gasteiger partial charge in [-0.15, -0.1) is 11.3 Å². The van der Waals surface area contributed by atoms with Crippen molar-refractivity contribution in [2.24, 2.45) is 10.9 Å². The van der Waals surface area contributed by atoms with Gasteiger partial charge in [0, 0.05) is 28.1 Å². The first-order valence-corrected chi connectivity index (χ1v) is 10.1. The molecular formula is C17H16N4OS2. The number of aliphatic hydroxyl groups excluding tert-OH is 1. The number of thiol groups is 1. The van der Waals surface area contributed by atoms with Crippen molar-refractivity contribution in [3.05, 3.63) is 54.1 Å². The van der Waals surface area contributed by atoms with E-state index in [1.54, 1.807) is 36.3 Å². The topological polar surface area (TPSA) is 63.3 Å². The van der Waals surface area contributed by atoms with Gasteiger partial charge in [0.15, 0.2) is 5.82 Å². The van der Waals surface area contributed by atoms with Gasteiger partial charge in [-0.05, 0) is 42.7 Å². The third-order valence-corrected chi connectivity index (χ3v) is 8.13. The van der Waals surface area contributed by atoms with Crippen LogP contribution in [0.3, 0.4) is 0 Å². The molecule has 5 nitrogen and oxygen atoms in total. The van der Waals surface area contributed by atoms with E-state index >= 15 is 0 Å². The molecule has 3 aromatic heterocycles. The Morgan fingerprint density at radius 3 is 2.79 bits per heavy atom. The molecule has 24 heavy (non-hydrogen) atoms. The summed E-state index contributed by atoms with van der Waals surface area (Å²) in [5, 5.41) is 12.3. The van der Waals surface area contributed by atoms with Crippen molar-refractivity contribution in [3.8, 4) is 10.4 Å². The molecule has 0 radical (unpaired) electrons. The Morgan fingerprint density at radius 2 is 2.00 bits per heavy atom. The van der Waals surface area contributed by atoms with Crippen LogP contribution in [0.2, 0.25) is 0 Å². The highest BCUT2D eigenvalue weighted by Crippen LogP contribution is 2.57. The number of rotatable bonds is 4. The van der Waals surface area contributed by atoms with Gasteiger partial charge in [0.05, 0.1) is 11.2 Å². The van der Waals surface area contributed by atoms with Crippen LogP contribution in [-0.2, 0) is 0 Å². The highest BCUT2D eigenvalue weighted by atomic mass is 32.2. The number of hydrogen-bond donors (Lipinski definition) is 2. The van der Waals surface area contributed by atoms with Crippen molar-refractivity contribution in [1.29, 1.82) is 0 Å². The molecule has 122 valence electrons.